The molecular weight excluding hydrogens is 360 g/mol. The van der Waals surface area contributed by atoms with Crippen molar-refractivity contribution in [2.75, 3.05) is 19.6 Å². The number of likely N-dealkylation sites (tertiary alicyclic amines) is 2. The minimum Gasteiger partial charge on any atom is -0.339 e. The van der Waals surface area contributed by atoms with E-state index in [2.05, 4.69) is 14.5 Å². The predicted octanol–water partition coefficient (Wildman–Crippen LogP) is 2.80. The van der Waals surface area contributed by atoms with Gasteiger partial charge in [-0.3, -0.25) is 9.59 Å². The second kappa shape index (κ2) is 7.84. The minimum absolute atomic E-state index is 0.157. The average molecular weight is 387 g/mol. The smallest absolute Gasteiger partial charge is 0.264 e. The van der Waals surface area contributed by atoms with Gasteiger partial charge in [-0.05, 0) is 49.1 Å². The molecule has 2 fully saturated rings. The molecule has 2 aliphatic rings. The molecule has 2 amide bonds. The first-order valence-electron chi connectivity index (χ1n) is 9.72. The van der Waals surface area contributed by atoms with E-state index in [4.69, 9.17) is 0 Å². The Morgan fingerprint density at radius 2 is 2.22 bits per heavy atom. The van der Waals surface area contributed by atoms with Crippen LogP contribution in [-0.4, -0.2) is 56.8 Å². The van der Waals surface area contributed by atoms with E-state index in [1.54, 1.807) is 6.20 Å². The molecule has 2 aliphatic heterocycles. The van der Waals surface area contributed by atoms with Gasteiger partial charge in [0.25, 0.3) is 5.91 Å². The average Bonchev–Trinajstić information content (AvgIpc) is 3.34. The molecule has 2 aromatic heterocycles. The van der Waals surface area contributed by atoms with E-state index < -0.39 is 0 Å². The van der Waals surface area contributed by atoms with Gasteiger partial charge in [0.05, 0.1) is 11.2 Å². The van der Waals surface area contributed by atoms with E-state index in [1.807, 2.05) is 35.8 Å². The lowest BCUT2D eigenvalue weighted by Gasteiger charge is -2.47. The van der Waals surface area contributed by atoms with Crippen molar-refractivity contribution in [3.63, 3.8) is 0 Å². The first-order chi connectivity index (χ1) is 13.1. The van der Waals surface area contributed by atoms with Gasteiger partial charge in [0.15, 0.2) is 0 Å². The minimum atomic E-state index is 0.157. The fourth-order valence-corrected chi connectivity index (χ4v) is 5.30. The second-order valence-corrected chi connectivity index (χ2v) is 8.50. The Balaban J connectivity index is 1.37. The summed E-state index contributed by atoms with van der Waals surface area (Å²) < 4.78 is 2.05. The highest BCUT2D eigenvalue weighted by Gasteiger charge is 2.40. The molecule has 0 aromatic carbocycles. The Labute approximate surface area is 163 Å². The van der Waals surface area contributed by atoms with Crippen LogP contribution in [-0.2, 0) is 11.3 Å². The van der Waals surface area contributed by atoms with Crippen molar-refractivity contribution in [1.29, 1.82) is 0 Å². The summed E-state index contributed by atoms with van der Waals surface area (Å²) in [7, 11) is 0. The molecule has 4 rings (SSSR count). The molecule has 0 spiro atoms. The Bertz CT molecular complexity index is 801. The van der Waals surface area contributed by atoms with Gasteiger partial charge in [0, 0.05) is 51.0 Å². The van der Waals surface area contributed by atoms with Gasteiger partial charge in [-0.1, -0.05) is 0 Å². The topological polar surface area (TPSA) is 58.4 Å². The third-order valence-electron chi connectivity index (χ3n) is 5.86. The highest BCUT2D eigenvalue weighted by molar-refractivity contribution is 7.12. The van der Waals surface area contributed by atoms with Gasteiger partial charge in [-0.2, -0.15) is 0 Å². The number of aromatic nitrogens is 2. The number of thiophene rings is 1. The molecule has 0 radical (unpaired) electrons. The maximum absolute atomic E-state index is 12.9. The van der Waals surface area contributed by atoms with Crippen LogP contribution < -0.4 is 0 Å². The molecule has 7 heteroatoms. The normalized spacial score (nSPS) is 22.8. The van der Waals surface area contributed by atoms with E-state index in [9.17, 15) is 9.59 Å². The summed E-state index contributed by atoms with van der Waals surface area (Å²) in [6.07, 6.45) is 8.88. The van der Waals surface area contributed by atoms with Crippen LogP contribution in [0.4, 0.5) is 0 Å². The van der Waals surface area contributed by atoms with Crippen LogP contribution in [0.2, 0.25) is 0 Å². The van der Waals surface area contributed by atoms with Crippen molar-refractivity contribution in [3.8, 4) is 0 Å². The molecule has 144 valence electrons. The number of piperidine rings is 2. The monoisotopic (exact) mass is 386 g/mol. The quantitative estimate of drug-likeness (QED) is 0.794. The van der Waals surface area contributed by atoms with Gasteiger partial charge in [-0.15, -0.1) is 11.3 Å². The van der Waals surface area contributed by atoms with Crippen molar-refractivity contribution in [2.45, 2.75) is 45.2 Å². The Morgan fingerprint density at radius 1 is 1.33 bits per heavy atom. The molecule has 0 bridgehead atoms. The van der Waals surface area contributed by atoms with Crippen molar-refractivity contribution >= 4 is 23.2 Å². The number of nitrogens with zero attached hydrogens (tertiary/aromatic N) is 4. The van der Waals surface area contributed by atoms with Gasteiger partial charge >= 0.3 is 0 Å². The summed E-state index contributed by atoms with van der Waals surface area (Å²) in [5.41, 5.74) is 1.06. The van der Waals surface area contributed by atoms with Gasteiger partial charge in [0.1, 0.15) is 0 Å². The molecule has 0 saturated carbocycles. The maximum Gasteiger partial charge on any atom is 0.264 e. The third-order valence-corrected chi connectivity index (χ3v) is 6.87. The summed E-state index contributed by atoms with van der Waals surface area (Å²) in [4.78, 5) is 34.4. The Morgan fingerprint density at radius 3 is 2.96 bits per heavy atom. The summed E-state index contributed by atoms with van der Waals surface area (Å²) in [5.74, 6) is 0.828. The van der Waals surface area contributed by atoms with Crippen LogP contribution >= 0.6 is 11.3 Å². The van der Waals surface area contributed by atoms with E-state index in [0.29, 0.717) is 12.3 Å². The lowest BCUT2D eigenvalue weighted by Crippen LogP contribution is -2.57. The number of hydrogen-bond donors (Lipinski definition) is 0. The molecule has 2 aromatic rings. The Kier molecular flexibility index (Phi) is 5.29. The number of rotatable bonds is 5. The zero-order chi connectivity index (χ0) is 18.8. The Hall–Kier alpha value is -2.15. The fraction of sp³-hybridized carbons (Fsp3) is 0.550. The first-order valence-corrected chi connectivity index (χ1v) is 10.6. The second-order valence-electron chi connectivity index (χ2n) is 7.58. The van der Waals surface area contributed by atoms with Crippen LogP contribution in [0.25, 0.3) is 0 Å². The van der Waals surface area contributed by atoms with Crippen molar-refractivity contribution in [1.82, 2.24) is 19.4 Å². The number of amides is 2. The van der Waals surface area contributed by atoms with E-state index in [1.165, 1.54) is 11.3 Å². The van der Waals surface area contributed by atoms with Crippen LogP contribution in [0.5, 0.6) is 0 Å². The summed E-state index contributed by atoms with van der Waals surface area (Å²) >= 11 is 1.53. The third kappa shape index (κ3) is 3.78. The number of carbonyl (C=O) groups is 2. The van der Waals surface area contributed by atoms with Gasteiger partial charge in [-0.25, -0.2) is 4.98 Å². The van der Waals surface area contributed by atoms with Crippen LogP contribution in [0.3, 0.4) is 0 Å². The summed E-state index contributed by atoms with van der Waals surface area (Å²) in [6, 6.07) is 2.29. The molecular formula is C20H26N4O2S. The lowest BCUT2D eigenvalue weighted by molar-refractivity contribution is -0.140. The molecule has 6 nitrogen and oxygen atoms in total. The number of imidazole rings is 1. The predicted molar refractivity (Wildman–Crippen MR) is 105 cm³/mol. The van der Waals surface area contributed by atoms with Crippen LogP contribution in [0.15, 0.2) is 30.2 Å². The number of fused-ring (bicyclic) bond motifs is 1. The van der Waals surface area contributed by atoms with E-state index in [0.717, 1.165) is 55.9 Å². The van der Waals surface area contributed by atoms with Crippen LogP contribution in [0.1, 0.15) is 40.9 Å². The van der Waals surface area contributed by atoms with Gasteiger partial charge < -0.3 is 14.4 Å². The summed E-state index contributed by atoms with van der Waals surface area (Å²) in [5, 5.41) is 1.98. The van der Waals surface area contributed by atoms with E-state index in [-0.39, 0.29) is 17.9 Å². The lowest BCUT2D eigenvalue weighted by atomic mass is 9.83. The number of hydrogen-bond acceptors (Lipinski definition) is 4. The number of aryl methyl sites for hydroxylation is 2. The molecule has 0 N–H and O–H groups in total. The van der Waals surface area contributed by atoms with E-state index >= 15 is 0 Å². The standard InChI is InChI=1S/C20H26N4O2S/c1-15-6-12-27-19(15)20(26)23-10-5-17-16(13-23)3-4-18(25)24(17)9-2-8-22-11-7-21-14-22/h6-7,11-12,14,16-17H,2-5,8-10,13H2,1H3/t16-,17+/m0/s1. The summed E-state index contributed by atoms with van der Waals surface area (Å²) in [6.45, 7) is 5.17. The zero-order valence-electron chi connectivity index (χ0n) is 15.7. The maximum atomic E-state index is 12.9. The molecule has 0 aliphatic carbocycles. The highest BCUT2D eigenvalue weighted by atomic mass is 32.1. The largest absolute Gasteiger partial charge is 0.339 e. The SMILES string of the molecule is Cc1ccsc1C(=O)N1CC[C@@H]2[C@@H](CCC(=O)N2CCCn2ccnc2)C1. The fourth-order valence-electron chi connectivity index (χ4n) is 4.40. The van der Waals surface area contributed by atoms with Crippen molar-refractivity contribution < 1.29 is 9.59 Å². The van der Waals surface area contributed by atoms with Crippen molar-refractivity contribution in [2.24, 2.45) is 5.92 Å². The molecule has 2 atom stereocenters. The molecule has 4 heterocycles. The first kappa shape index (κ1) is 18.2. The van der Waals surface area contributed by atoms with Crippen molar-refractivity contribution in [3.05, 3.63) is 40.6 Å². The van der Waals surface area contributed by atoms with Gasteiger partial charge in [0.2, 0.25) is 5.91 Å². The molecule has 2 saturated heterocycles. The highest BCUT2D eigenvalue weighted by Crippen LogP contribution is 2.32. The number of carbonyl (C=O) groups excluding carboxylic acids is 2. The molecule has 27 heavy (non-hydrogen) atoms. The zero-order valence-corrected chi connectivity index (χ0v) is 16.5. The van der Waals surface area contributed by atoms with Crippen LogP contribution in [0, 0.1) is 12.8 Å². The molecule has 0 unspecified atom stereocenters.